The van der Waals surface area contributed by atoms with Crippen molar-refractivity contribution in [1.29, 1.82) is 0 Å². The Morgan fingerprint density at radius 1 is 1.44 bits per heavy atom. The molecule has 1 fully saturated rings. The molecule has 1 N–H and O–H groups in total. The summed E-state index contributed by atoms with van der Waals surface area (Å²) < 4.78 is 5.56. The molecule has 1 aromatic heterocycles. The van der Waals surface area contributed by atoms with Crippen LogP contribution in [0, 0.1) is 6.92 Å². The van der Waals surface area contributed by atoms with Gasteiger partial charge in [0.25, 0.3) is 5.91 Å². The van der Waals surface area contributed by atoms with Crippen molar-refractivity contribution in [2.75, 3.05) is 13.1 Å². The van der Waals surface area contributed by atoms with E-state index >= 15 is 0 Å². The zero-order valence-electron chi connectivity index (χ0n) is 10.2. The van der Waals surface area contributed by atoms with Crippen LogP contribution in [0.1, 0.15) is 22.5 Å². The maximum atomic E-state index is 12.2. The number of benzene rings is 1. The Labute approximate surface area is 105 Å². The first kappa shape index (κ1) is 11.3. The summed E-state index contributed by atoms with van der Waals surface area (Å²) in [6.07, 6.45) is 0.242. The minimum atomic E-state index is -0.402. The maximum Gasteiger partial charge on any atom is 0.289 e. The van der Waals surface area contributed by atoms with Crippen LogP contribution in [-0.4, -0.2) is 35.1 Å². The minimum Gasteiger partial charge on any atom is -0.451 e. The number of aliphatic hydroxyl groups is 1. The molecule has 4 heteroatoms. The smallest absolute Gasteiger partial charge is 0.289 e. The third-order valence-electron chi connectivity index (χ3n) is 3.33. The minimum absolute atomic E-state index is 0.139. The second-order valence-electron chi connectivity index (χ2n) is 4.85. The number of amides is 1. The summed E-state index contributed by atoms with van der Waals surface area (Å²) in [6.45, 7) is 3.00. The molecule has 0 saturated carbocycles. The topological polar surface area (TPSA) is 53.7 Å². The third-order valence-corrected chi connectivity index (χ3v) is 3.33. The highest BCUT2D eigenvalue weighted by Crippen LogP contribution is 2.23. The first-order chi connectivity index (χ1) is 8.63. The van der Waals surface area contributed by atoms with Crippen LogP contribution in [0.15, 0.2) is 28.7 Å². The highest BCUT2D eigenvalue weighted by atomic mass is 16.3. The monoisotopic (exact) mass is 245 g/mol. The lowest BCUT2D eigenvalue weighted by atomic mass is 10.2. The molecule has 1 atom stereocenters. The van der Waals surface area contributed by atoms with Crippen LogP contribution in [-0.2, 0) is 0 Å². The Morgan fingerprint density at radius 2 is 2.28 bits per heavy atom. The Hall–Kier alpha value is -1.81. The summed E-state index contributed by atoms with van der Waals surface area (Å²) in [6, 6.07) is 7.60. The van der Waals surface area contributed by atoms with Gasteiger partial charge in [-0.15, -0.1) is 0 Å². The van der Waals surface area contributed by atoms with Crippen molar-refractivity contribution in [3.8, 4) is 0 Å². The van der Waals surface area contributed by atoms with Crippen LogP contribution < -0.4 is 0 Å². The Morgan fingerprint density at radius 3 is 3.00 bits per heavy atom. The van der Waals surface area contributed by atoms with Crippen LogP contribution in [0.3, 0.4) is 0 Å². The highest BCUT2D eigenvalue weighted by molar-refractivity contribution is 5.96. The predicted molar refractivity (Wildman–Crippen MR) is 67.5 cm³/mol. The fourth-order valence-electron chi connectivity index (χ4n) is 2.35. The number of β-amino-alcohol motifs (C(OH)–C–C–N with tert-alkyl or cyclic N) is 1. The quantitative estimate of drug-likeness (QED) is 0.835. The SMILES string of the molecule is Cc1ccc2oc(C(=O)N3CCC(O)C3)cc2c1. The number of carbonyl (C=O) groups excluding carboxylic acids is 1. The van der Waals surface area contributed by atoms with E-state index < -0.39 is 6.10 Å². The number of hydrogen-bond donors (Lipinski definition) is 1. The molecule has 1 saturated heterocycles. The number of likely N-dealkylation sites (tertiary alicyclic amines) is 1. The van der Waals surface area contributed by atoms with Crippen LogP contribution in [0.25, 0.3) is 11.0 Å². The van der Waals surface area contributed by atoms with Crippen molar-refractivity contribution in [2.45, 2.75) is 19.4 Å². The largest absolute Gasteiger partial charge is 0.451 e. The van der Waals surface area contributed by atoms with E-state index in [0.29, 0.717) is 25.3 Å². The average molecular weight is 245 g/mol. The molecular weight excluding hydrogens is 230 g/mol. The normalized spacial score (nSPS) is 19.7. The summed E-state index contributed by atoms with van der Waals surface area (Å²) in [5.41, 5.74) is 1.86. The lowest BCUT2D eigenvalue weighted by Gasteiger charge is -2.12. The van der Waals surface area contributed by atoms with Gasteiger partial charge in [-0.05, 0) is 31.5 Å². The Balaban J connectivity index is 1.92. The van der Waals surface area contributed by atoms with Gasteiger partial charge in [0.1, 0.15) is 5.58 Å². The number of fused-ring (bicyclic) bond motifs is 1. The van der Waals surface area contributed by atoms with Gasteiger partial charge < -0.3 is 14.4 Å². The summed E-state index contributed by atoms with van der Waals surface area (Å²) in [5, 5.41) is 10.4. The molecule has 1 aliphatic rings. The standard InChI is InChI=1S/C14H15NO3/c1-9-2-3-12-10(6-9)7-13(18-12)14(17)15-5-4-11(16)8-15/h2-3,6-7,11,16H,4-5,8H2,1H3. The number of rotatable bonds is 1. The molecular formula is C14H15NO3. The molecule has 0 bridgehead atoms. The van der Waals surface area contributed by atoms with E-state index in [1.54, 1.807) is 11.0 Å². The number of aliphatic hydroxyl groups excluding tert-OH is 1. The molecule has 18 heavy (non-hydrogen) atoms. The van der Waals surface area contributed by atoms with Crippen molar-refractivity contribution in [2.24, 2.45) is 0 Å². The van der Waals surface area contributed by atoms with Crippen molar-refractivity contribution < 1.29 is 14.3 Å². The summed E-state index contributed by atoms with van der Waals surface area (Å²) in [7, 11) is 0. The molecule has 2 heterocycles. The lowest BCUT2D eigenvalue weighted by molar-refractivity contribution is 0.0736. The lowest BCUT2D eigenvalue weighted by Crippen LogP contribution is -2.29. The Kier molecular flexibility index (Phi) is 2.59. The second-order valence-corrected chi connectivity index (χ2v) is 4.85. The summed E-state index contributed by atoms with van der Waals surface area (Å²) in [5.74, 6) is 0.213. The fourth-order valence-corrected chi connectivity index (χ4v) is 2.35. The zero-order chi connectivity index (χ0) is 12.7. The van der Waals surface area contributed by atoms with Gasteiger partial charge >= 0.3 is 0 Å². The molecule has 2 aromatic rings. The number of hydrogen-bond acceptors (Lipinski definition) is 3. The van der Waals surface area contributed by atoms with Crippen molar-refractivity contribution in [1.82, 2.24) is 4.90 Å². The van der Waals surface area contributed by atoms with E-state index in [-0.39, 0.29) is 5.91 Å². The van der Waals surface area contributed by atoms with E-state index in [0.717, 1.165) is 16.5 Å². The van der Waals surface area contributed by atoms with Gasteiger partial charge in [0.2, 0.25) is 0 Å². The molecule has 1 amide bonds. The number of aryl methyl sites for hydroxylation is 1. The molecule has 0 aliphatic carbocycles. The van der Waals surface area contributed by atoms with Crippen LogP contribution in [0.5, 0.6) is 0 Å². The number of carbonyl (C=O) groups is 1. The molecule has 3 rings (SSSR count). The third kappa shape index (κ3) is 1.88. The zero-order valence-corrected chi connectivity index (χ0v) is 10.2. The van der Waals surface area contributed by atoms with E-state index in [2.05, 4.69) is 0 Å². The van der Waals surface area contributed by atoms with Crippen LogP contribution in [0.4, 0.5) is 0 Å². The average Bonchev–Trinajstić information content (AvgIpc) is 2.93. The highest BCUT2D eigenvalue weighted by Gasteiger charge is 2.27. The van der Waals surface area contributed by atoms with Gasteiger partial charge in [0, 0.05) is 18.5 Å². The van der Waals surface area contributed by atoms with E-state index in [1.807, 2.05) is 25.1 Å². The molecule has 1 aromatic carbocycles. The molecule has 0 spiro atoms. The fraction of sp³-hybridized carbons (Fsp3) is 0.357. The molecule has 4 nitrogen and oxygen atoms in total. The van der Waals surface area contributed by atoms with Gasteiger partial charge in [-0.2, -0.15) is 0 Å². The van der Waals surface area contributed by atoms with Crippen molar-refractivity contribution in [3.05, 3.63) is 35.6 Å². The van der Waals surface area contributed by atoms with Gasteiger partial charge in [0.05, 0.1) is 6.10 Å². The second kappa shape index (κ2) is 4.14. The Bertz CT molecular complexity index is 602. The van der Waals surface area contributed by atoms with Gasteiger partial charge in [0.15, 0.2) is 5.76 Å². The summed E-state index contributed by atoms with van der Waals surface area (Å²) >= 11 is 0. The van der Waals surface area contributed by atoms with E-state index in [4.69, 9.17) is 4.42 Å². The van der Waals surface area contributed by atoms with E-state index in [1.165, 1.54) is 0 Å². The van der Waals surface area contributed by atoms with Gasteiger partial charge in [-0.3, -0.25) is 4.79 Å². The first-order valence-electron chi connectivity index (χ1n) is 6.11. The predicted octanol–water partition coefficient (Wildman–Crippen LogP) is 1.95. The van der Waals surface area contributed by atoms with Gasteiger partial charge in [-0.1, -0.05) is 11.6 Å². The van der Waals surface area contributed by atoms with E-state index in [9.17, 15) is 9.90 Å². The molecule has 1 aliphatic heterocycles. The maximum absolute atomic E-state index is 12.2. The molecule has 0 radical (unpaired) electrons. The molecule has 1 unspecified atom stereocenters. The molecule has 94 valence electrons. The van der Waals surface area contributed by atoms with Crippen LogP contribution in [0.2, 0.25) is 0 Å². The first-order valence-corrected chi connectivity index (χ1v) is 6.11. The summed E-state index contributed by atoms with van der Waals surface area (Å²) in [4.78, 5) is 13.8. The van der Waals surface area contributed by atoms with Gasteiger partial charge in [-0.25, -0.2) is 0 Å². The number of nitrogens with zero attached hydrogens (tertiary/aromatic N) is 1. The van der Waals surface area contributed by atoms with Crippen LogP contribution >= 0.6 is 0 Å². The van der Waals surface area contributed by atoms with Crippen molar-refractivity contribution in [3.63, 3.8) is 0 Å². The number of furan rings is 1. The van der Waals surface area contributed by atoms with Crippen molar-refractivity contribution >= 4 is 16.9 Å².